The molecule has 2 aromatic carbocycles. The Morgan fingerprint density at radius 2 is 1.71 bits per heavy atom. The van der Waals surface area contributed by atoms with E-state index in [4.69, 9.17) is 0 Å². The Hall–Kier alpha value is -3.78. The molecule has 2 N–H and O–H groups in total. The summed E-state index contributed by atoms with van der Waals surface area (Å²) in [5.74, 6) is -1.24. The Morgan fingerprint density at radius 3 is 2.42 bits per heavy atom. The van der Waals surface area contributed by atoms with Crippen LogP contribution in [0.1, 0.15) is 21.5 Å². The highest BCUT2D eigenvalue weighted by molar-refractivity contribution is 7.13. The summed E-state index contributed by atoms with van der Waals surface area (Å²) in [5.41, 5.74) is 7.47. The van der Waals surface area contributed by atoms with Crippen LogP contribution >= 0.6 is 11.3 Å². The van der Waals surface area contributed by atoms with E-state index >= 15 is 0 Å². The number of hydrazine groups is 1. The standard InChI is InChI=1S/C23H19FN4O2S/c24-18-10-8-16(9-11-18)13-21(29)25-26-23(30)19-15-28(14-17-5-2-1-3-6-17)27-22(19)20-7-4-12-31-20/h1-12,15H,13-14H2,(H,25,29)(H,26,30). The SMILES string of the molecule is O=C(Cc1ccc(F)cc1)NNC(=O)c1cn(Cc2ccccc2)nc1-c1cccs1. The Morgan fingerprint density at radius 1 is 0.935 bits per heavy atom. The van der Waals surface area contributed by atoms with Gasteiger partial charge in [-0.15, -0.1) is 11.3 Å². The third kappa shape index (κ3) is 5.23. The number of benzene rings is 2. The molecule has 2 amide bonds. The molecule has 0 atom stereocenters. The first-order valence-corrected chi connectivity index (χ1v) is 10.5. The summed E-state index contributed by atoms with van der Waals surface area (Å²) < 4.78 is 14.7. The highest BCUT2D eigenvalue weighted by atomic mass is 32.1. The molecular weight excluding hydrogens is 415 g/mol. The second-order valence-corrected chi connectivity index (χ2v) is 7.81. The van der Waals surface area contributed by atoms with Crippen LogP contribution in [-0.2, 0) is 17.8 Å². The van der Waals surface area contributed by atoms with Gasteiger partial charge < -0.3 is 0 Å². The molecule has 0 saturated carbocycles. The zero-order chi connectivity index (χ0) is 21.6. The van der Waals surface area contributed by atoms with E-state index < -0.39 is 11.8 Å². The first kappa shape index (κ1) is 20.5. The van der Waals surface area contributed by atoms with E-state index in [0.29, 0.717) is 23.4 Å². The monoisotopic (exact) mass is 434 g/mol. The summed E-state index contributed by atoms with van der Waals surface area (Å²) in [4.78, 5) is 25.8. The Balaban J connectivity index is 1.47. The average molecular weight is 434 g/mol. The number of amides is 2. The lowest BCUT2D eigenvalue weighted by Gasteiger charge is -2.07. The summed E-state index contributed by atoms with van der Waals surface area (Å²) >= 11 is 1.48. The number of nitrogens with one attached hydrogen (secondary N) is 2. The second-order valence-electron chi connectivity index (χ2n) is 6.86. The molecule has 4 rings (SSSR count). The van der Waals surface area contributed by atoms with Crippen molar-refractivity contribution in [1.82, 2.24) is 20.6 Å². The zero-order valence-electron chi connectivity index (χ0n) is 16.4. The smallest absolute Gasteiger partial charge is 0.273 e. The average Bonchev–Trinajstić information content (AvgIpc) is 3.44. The Bertz CT molecular complexity index is 1170. The summed E-state index contributed by atoms with van der Waals surface area (Å²) in [6.07, 6.45) is 1.69. The Kier molecular flexibility index (Phi) is 6.18. The van der Waals surface area contributed by atoms with Crippen molar-refractivity contribution in [1.29, 1.82) is 0 Å². The van der Waals surface area contributed by atoms with Crippen LogP contribution in [0.25, 0.3) is 10.6 Å². The summed E-state index contributed by atoms with van der Waals surface area (Å²) in [5, 5.41) is 6.50. The van der Waals surface area contributed by atoms with Crippen LogP contribution in [-0.4, -0.2) is 21.6 Å². The molecule has 0 radical (unpaired) electrons. The molecular formula is C23H19FN4O2S. The van der Waals surface area contributed by atoms with Gasteiger partial charge in [0.05, 0.1) is 23.4 Å². The van der Waals surface area contributed by atoms with Crippen LogP contribution < -0.4 is 10.9 Å². The maximum atomic E-state index is 13.0. The van der Waals surface area contributed by atoms with E-state index in [1.165, 1.54) is 35.6 Å². The van der Waals surface area contributed by atoms with Gasteiger partial charge >= 0.3 is 0 Å². The Labute approximate surface area is 182 Å². The summed E-state index contributed by atoms with van der Waals surface area (Å²) in [6, 6.07) is 19.2. The molecule has 0 unspecified atom stereocenters. The molecule has 0 bridgehead atoms. The van der Waals surface area contributed by atoms with Gasteiger partial charge in [0.1, 0.15) is 11.5 Å². The quantitative estimate of drug-likeness (QED) is 0.453. The predicted molar refractivity (Wildman–Crippen MR) is 117 cm³/mol. The molecule has 4 aromatic rings. The minimum Gasteiger partial charge on any atom is -0.273 e. The molecule has 31 heavy (non-hydrogen) atoms. The van der Waals surface area contributed by atoms with Gasteiger partial charge in [-0.25, -0.2) is 4.39 Å². The fourth-order valence-corrected chi connectivity index (χ4v) is 3.78. The number of carbonyl (C=O) groups excluding carboxylic acids is 2. The van der Waals surface area contributed by atoms with Crippen molar-refractivity contribution in [2.24, 2.45) is 0 Å². The van der Waals surface area contributed by atoms with E-state index in [1.807, 2.05) is 47.8 Å². The van der Waals surface area contributed by atoms with Crippen molar-refractivity contribution in [3.63, 3.8) is 0 Å². The van der Waals surface area contributed by atoms with Gasteiger partial charge in [-0.3, -0.25) is 25.1 Å². The van der Waals surface area contributed by atoms with Gasteiger partial charge in [-0.05, 0) is 34.7 Å². The van der Waals surface area contributed by atoms with Crippen molar-refractivity contribution in [3.05, 3.63) is 101 Å². The number of nitrogens with zero attached hydrogens (tertiary/aromatic N) is 2. The van der Waals surface area contributed by atoms with Gasteiger partial charge in [0.15, 0.2) is 0 Å². The van der Waals surface area contributed by atoms with E-state index in [1.54, 1.807) is 10.9 Å². The maximum absolute atomic E-state index is 13.0. The van der Waals surface area contributed by atoms with Crippen molar-refractivity contribution in [2.45, 2.75) is 13.0 Å². The van der Waals surface area contributed by atoms with Crippen LogP contribution in [0.2, 0.25) is 0 Å². The van der Waals surface area contributed by atoms with Crippen molar-refractivity contribution >= 4 is 23.2 Å². The molecule has 2 heterocycles. The minimum atomic E-state index is -0.463. The highest BCUT2D eigenvalue weighted by Gasteiger charge is 2.19. The zero-order valence-corrected chi connectivity index (χ0v) is 17.2. The molecule has 0 saturated heterocycles. The summed E-state index contributed by atoms with van der Waals surface area (Å²) in [6.45, 7) is 0.517. The van der Waals surface area contributed by atoms with Crippen LogP contribution in [0.5, 0.6) is 0 Å². The molecule has 156 valence electrons. The largest absolute Gasteiger partial charge is 0.273 e. The highest BCUT2D eigenvalue weighted by Crippen LogP contribution is 2.27. The van der Waals surface area contributed by atoms with Gasteiger partial charge in [0.25, 0.3) is 5.91 Å². The predicted octanol–water partition coefficient (Wildman–Crippen LogP) is 3.80. The number of hydrogen-bond acceptors (Lipinski definition) is 4. The minimum absolute atomic E-state index is 0.0195. The van der Waals surface area contributed by atoms with Gasteiger partial charge in [0.2, 0.25) is 5.91 Å². The third-order valence-corrected chi connectivity index (χ3v) is 5.42. The van der Waals surface area contributed by atoms with E-state index in [-0.39, 0.29) is 12.2 Å². The third-order valence-electron chi connectivity index (χ3n) is 4.54. The first-order chi connectivity index (χ1) is 15.1. The fraction of sp³-hybridized carbons (Fsp3) is 0.0870. The van der Waals surface area contributed by atoms with Crippen LogP contribution in [0.4, 0.5) is 4.39 Å². The number of aromatic nitrogens is 2. The topological polar surface area (TPSA) is 76.0 Å². The van der Waals surface area contributed by atoms with Crippen molar-refractivity contribution < 1.29 is 14.0 Å². The molecule has 0 aliphatic heterocycles. The molecule has 6 nitrogen and oxygen atoms in total. The lowest BCUT2D eigenvalue weighted by Crippen LogP contribution is -2.42. The second kappa shape index (κ2) is 9.36. The van der Waals surface area contributed by atoms with E-state index in [2.05, 4.69) is 16.0 Å². The normalized spacial score (nSPS) is 10.6. The molecule has 0 spiro atoms. The van der Waals surface area contributed by atoms with Crippen LogP contribution in [0.3, 0.4) is 0 Å². The maximum Gasteiger partial charge on any atom is 0.273 e. The first-order valence-electron chi connectivity index (χ1n) is 9.57. The van der Waals surface area contributed by atoms with Crippen molar-refractivity contribution in [2.75, 3.05) is 0 Å². The number of rotatable bonds is 6. The number of carbonyl (C=O) groups is 2. The number of thiophene rings is 1. The van der Waals surface area contributed by atoms with Crippen LogP contribution in [0.15, 0.2) is 78.3 Å². The number of hydrogen-bond donors (Lipinski definition) is 2. The number of halogens is 1. The molecule has 0 aliphatic carbocycles. The van der Waals surface area contributed by atoms with E-state index in [0.717, 1.165) is 10.4 Å². The van der Waals surface area contributed by atoms with Gasteiger partial charge in [-0.1, -0.05) is 48.5 Å². The lowest BCUT2D eigenvalue weighted by molar-refractivity contribution is -0.121. The molecule has 0 fully saturated rings. The summed E-state index contributed by atoms with van der Waals surface area (Å²) in [7, 11) is 0. The van der Waals surface area contributed by atoms with Gasteiger partial charge in [-0.2, -0.15) is 5.10 Å². The van der Waals surface area contributed by atoms with Crippen molar-refractivity contribution in [3.8, 4) is 10.6 Å². The molecule has 8 heteroatoms. The van der Waals surface area contributed by atoms with Crippen LogP contribution in [0, 0.1) is 5.82 Å². The van der Waals surface area contributed by atoms with Gasteiger partial charge in [0, 0.05) is 6.20 Å². The molecule has 2 aromatic heterocycles. The molecule has 0 aliphatic rings. The fourth-order valence-electron chi connectivity index (χ4n) is 3.06. The lowest BCUT2D eigenvalue weighted by atomic mass is 10.1. The van der Waals surface area contributed by atoms with E-state index in [9.17, 15) is 14.0 Å².